The molecular weight excluding hydrogens is 276 g/mol. The van der Waals surface area contributed by atoms with Crippen LogP contribution in [0.2, 0.25) is 5.02 Å². The molecule has 0 spiro atoms. The maximum absolute atomic E-state index is 11.6. The van der Waals surface area contributed by atoms with E-state index in [1.54, 1.807) is 6.92 Å². The van der Waals surface area contributed by atoms with Crippen LogP contribution in [-0.4, -0.2) is 32.7 Å². The van der Waals surface area contributed by atoms with Crippen molar-refractivity contribution < 1.29 is 9.53 Å². The number of rotatable bonds is 5. The fourth-order valence-corrected chi connectivity index (χ4v) is 2.34. The van der Waals surface area contributed by atoms with E-state index in [-0.39, 0.29) is 11.9 Å². The monoisotopic (exact) mass is 294 g/mol. The fraction of sp³-hybridized carbons (Fsp3) is 0.400. The molecule has 0 radical (unpaired) electrons. The Bertz CT molecular complexity index is 499. The number of benzene rings is 1. The van der Waals surface area contributed by atoms with Crippen LogP contribution in [0.4, 0.5) is 5.69 Å². The average molecular weight is 295 g/mol. The zero-order chi connectivity index (χ0) is 14.5. The third-order valence-electron chi connectivity index (χ3n) is 3.23. The molecule has 0 aromatic heterocycles. The van der Waals surface area contributed by atoms with Crippen molar-refractivity contribution in [2.24, 2.45) is 5.92 Å². The van der Waals surface area contributed by atoms with Crippen LogP contribution >= 0.6 is 11.6 Å². The minimum absolute atomic E-state index is 0.274. The maximum Gasteiger partial charge on any atom is 0.354 e. The van der Waals surface area contributed by atoms with Crippen molar-refractivity contribution in [3.05, 3.63) is 41.1 Å². The summed E-state index contributed by atoms with van der Waals surface area (Å²) in [5.41, 5.74) is 1.67. The van der Waals surface area contributed by atoms with Crippen LogP contribution in [0.15, 0.2) is 36.0 Å². The Morgan fingerprint density at radius 2 is 2.15 bits per heavy atom. The molecule has 4 nitrogen and oxygen atoms in total. The van der Waals surface area contributed by atoms with Gasteiger partial charge in [0.2, 0.25) is 0 Å². The van der Waals surface area contributed by atoms with Crippen molar-refractivity contribution in [2.45, 2.75) is 6.92 Å². The molecule has 0 bridgehead atoms. The molecule has 5 heteroatoms. The van der Waals surface area contributed by atoms with Crippen molar-refractivity contribution in [3.63, 3.8) is 0 Å². The van der Waals surface area contributed by atoms with Gasteiger partial charge in [-0.25, -0.2) is 4.79 Å². The van der Waals surface area contributed by atoms with Crippen LogP contribution in [0, 0.1) is 5.92 Å². The van der Waals surface area contributed by atoms with E-state index >= 15 is 0 Å². The lowest BCUT2D eigenvalue weighted by Crippen LogP contribution is -2.27. The smallest absolute Gasteiger partial charge is 0.354 e. The summed E-state index contributed by atoms with van der Waals surface area (Å²) < 4.78 is 4.98. The van der Waals surface area contributed by atoms with Crippen LogP contribution in [0.3, 0.4) is 0 Å². The number of halogens is 1. The molecule has 108 valence electrons. The molecule has 1 heterocycles. The summed E-state index contributed by atoms with van der Waals surface area (Å²) in [6.45, 7) is 3.79. The van der Waals surface area contributed by atoms with Gasteiger partial charge >= 0.3 is 5.97 Å². The number of nitrogens with zero attached hydrogens (tertiary/aromatic N) is 1. The number of esters is 1. The lowest BCUT2D eigenvalue weighted by atomic mass is 10.1. The van der Waals surface area contributed by atoms with Gasteiger partial charge in [0.15, 0.2) is 0 Å². The molecule has 1 aromatic rings. The first-order chi connectivity index (χ1) is 9.60. The minimum atomic E-state index is -0.274. The molecule has 0 saturated carbocycles. The zero-order valence-corrected chi connectivity index (χ0v) is 12.5. The number of hydrogen-bond acceptors (Lipinski definition) is 4. The molecule has 0 fully saturated rings. The van der Waals surface area contributed by atoms with Crippen LogP contribution in [-0.2, 0) is 9.53 Å². The molecule has 1 aliphatic rings. The minimum Gasteiger partial charge on any atom is -0.461 e. The van der Waals surface area contributed by atoms with Crippen LogP contribution in [0.1, 0.15) is 6.92 Å². The molecule has 2 rings (SSSR count). The van der Waals surface area contributed by atoms with E-state index in [4.69, 9.17) is 16.3 Å². The molecular formula is C15H19ClN2O2. The first-order valence-electron chi connectivity index (χ1n) is 6.69. The van der Waals surface area contributed by atoms with Gasteiger partial charge in [0.1, 0.15) is 5.70 Å². The SMILES string of the molecule is CCOC(=O)C1=CC(CN(C)c2ccc(Cl)cc2)CN1. The van der Waals surface area contributed by atoms with Gasteiger partial charge in [-0.2, -0.15) is 0 Å². The Morgan fingerprint density at radius 3 is 2.80 bits per heavy atom. The van der Waals surface area contributed by atoms with Crippen molar-refractivity contribution in [2.75, 3.05) is 31.6 Å². The van der Waals surface area contributed by atoms with E-state index in [0.29, 0.717) is 12.3 Å². The summed E-state index contributed by atoms with van der Waals surface area (Å²) in [5, 5.41) is 3.83. The van der Waals surface area contributed by atoms with E-state index in [9.17, 15) is 4.79 Å². The highest BCUT2D eigenvalue weighted by Crippen LogP contribution is 2.19. The van der Waals surface area contributed by atoms with Gasteiger partial charge in [0, 0.05) is 36.8 Å². The fourth-order valence-electron chi connectivity index (χ4n) is 2.21. The largest absolute Gasteiger partial charge is 0.461 e. The van der Waals surface area contributed by atoms with Gasteiger partial charge < -0.3 is 15.0 Å². The number of ether oxygens (including phenoxy) is 1. The highest BCUT2D eigenvalue weighted by molar-refractivity contribution is 6.30. The maximum atomic E-state index is 11.6. The Hall–Kier alpha value is -1.68. The second kappa shape index (κ2) is 6.66. The van der Waals surface area contributed by atoms with Crippen LogP contribution < -0.4 is 10.2 Å². The lowest BCUT2D eigenvalue weighted by Gasteiger charge is -2.22. The summed E-state index contributed by atoms with van der Waals surface area (Å²) in [6.07, 6.45) is 1.95. The van der Waals surface area contributed by atoms with E-state index in [1.165, 1.54) is 0 Å². The van der Waals surface area contributed by atoms with Gasteiger partial charge in [-0.05, 0) is 37.3 Å². The van der Waals surface area contributed by atoms with Gasteiger partial charge in [-0.1, -0.05) is 11.6 Å². The Morgan fingerprint density at radius 1 is 1.45 bits per heavy atom. The van der Waals surface area contributed by atoms with Gasteiger partial charge in [-0.15, -0.1) is 0 Å². The molecule has 1 aromatic carbocycles. The van der Waals surface area contributed by atoms with Gasteiger partial charge in [0.05, 0.1) is 6.61 Å². The molecule has 1 unspecified atom stereocenters. The van der Waals surface area contributed by atoms with Gasteiger partial charge in [0.25, 0.3) is 0 Å². The highest BCUT2D eigenvalue weighted by Gasteiger charge is 2.22. The van der Waals surface area contributed by atoms with Crippen molar-refractivity contribution in [3.8, 4) is 0 Å². The molecule has 1 atom stereocenters. The standard InChI is InChI=1S/C15H19ClN2O2/c1-3-20-15(19)14-8-11(9-17-14)10-18(2)13-6-4-12(16)5-7-13/h4-8,11,17H,3,9-10H2,1-2H3. The van der Waals surface area contributed by atoms with Crippen LogP contribution in [0.25, 0.3) is 0 Å². The lowest BCUT2D eigenvalue weighted by molar-refractivity contribution is -0.138. The first kappa shape index (κ1) is 14.7. The summed E-state index contributed by atoms with van der Waals surface area (Å²) >= 11 is 5.88. The molecule has 0 amide bonds. The molecule has 1 aliphatic heterocycles. The summed E-state index contributed by atoms with van der Waals surface area (Å²) in [7, 11) is 2.03. The molecule has 0 aliphatic carbocycles. The second-order valence-electron chi connectivity index (χ2n) is 4.80. The topological polar surface area (TPSA) is 41.6 Å². The van der Waals surface area contributed by atoms with E-state index in [2.05, 4.69) is 10.2 Å². The third kappa shape index (κ3) is 3.67. The third-order valence-corrected chi connectivity index (χ3v) is 3.48. The predicted molar refractivity (Wildman–Crippen MR) is 80.9 cm³/mol. The van der Waals surface area contributed by atoms with Crippen LogP contribution in [0.5, 0.6) is 0 Å². The number of carbonyl (C=O) groups is 1. The normalized spacial score (nSPS) is 17.4. The van der Waals surface area contributed by atoms with E-state index in [1.807, 2.05) is 37.4 Å². The first-order valence-corrected chi connectivity index (χ1v) is 7.07. The zero-order valence-electron chi connectivity index (χ0n) is 11.7. The average Bonchev–Trinajstić information content (AvgIpc) is 2.88. The van der Waals surface area contributed by atoms with E-state index < -0.39 is 0 Å². The number of nitrogens with one attached hydrogen (secondary N) is 1. The quantitative estimate of drug-likeness (QED) is 0.847. The number of hydrogen-bond donors (Lipinski definition) is 1. The molecule has 0 saturated heterocycles. The van der Waals surface area contributed by atoms with E-state index in [0.717, 1.165) is 23.8 Å². The summed E-state index contributed by atoms with van der Waals surface area (Å²) in [4.78, 5) is 13.7. The van der Waals surface area contributed by atoms with Crippen molar-refractivity contribution in [1.82, 2.24) is 5.32 Å². The van der Waals surface area contributed by atoms with Crippen molar-refractivity contribution >= 4 is 23.3 Å². The van der Waals surface area contributed by atoms with Crippen molar-refractivity contribution in [1.29, 1.82) is 0 Å². The second-order valence-corrected chi connectivity index (χ2v) is 5.24. The Kier molecular flexibility index (Phi) is 4.90. The predicted octanol–water partition coefficient (Wildman–Crippen LogP) is 2.44. The number of anilines is 1. The molecule has 20 heavy (non-hydrogen) atoms. The molecule has 1 N–H and O–H groups in total. The summed E-state index contributed by atoms with van der Waals surface area (Å²) in [5.74, 6) is 0.0132. The van der Waals surface area contributed by atoms with Gasteiger partial charge in [-0.3, -0.25) is 0 Å². The summed E-state index contributed by atoms with van der Waals surface area (Å²) in [6, 6.07) is 7.72. The Labute approximate surface area is 124 Å². The Balaban J connectivity index is 1.94. The number of carbonyl (C=O) groups excluding carboxylic acids is 1. The highest BCUT2D eigenvalue weighted by atomic mass is 35.5.